The number of hydrogen-bond donors (Lipinski definition) is 3. The smallest absolute Gasteiger partial charge is 0.343 e. The van der Waals surface area contributed by atoms with Crippen LogP contribution in [0.5, 0.6) is 17.2 Å². The Balaban J connectivity index is 1.59. The largest absolute Gasteiger partial charge is 0.507 e. The van der Waals surface area contributed by atoms with Gasteiger partial charge in [-0.1, -0.05) is 6.07 Å². The first-order valence-corrected chi connectivity index (χ1v) is 9.48. The van der Waals surface area contributed by atoms with E-state index < -0.39 is 11.5 Å². The molecule has 0 bridgehead atoms. The predicted molar refractivity (Wildman–Crippen MR) is 106 cm³/mol. The molecule has 0 fully saturated rings. The van der Waals surface area contributed by atoms with Crippen LogP contribution >= 0.6 is 0 Å². The van der Waals surface area contributed by atoms with Crippen molar-refractivity contribution in [1.29, 1.82) is 0 Å². The van der Waals surface area contributed by atoms with Gasteiger partial charge in [-0.05, 0) is 24.6 Å². The summed E-state index contributed by atoms with van der Waals surface area (Å²) in [6.45, 7) is 2.08. The van der Waals surface area contributed by atoms with E-state index in [-0.39, 0.29) is 36.2 Å². The van der Waals surface area contributed by atoms with Crippen LogP contribution in [0, 0.1) is 6.92 Å². The first kappa shape index (κ1) is 19.6. The number of aromatic amines is 1. The van der Waals surface area contributed by atoms with Crippen LogP contribution in [0.25, 0.3) is 0 Å². The van der Waals surface area contributed by atoms with Crippen LogP contribution in [0.2, 0.25) is 0 Å². The Morgan fingerprint density at radius 2 is 2.13 bits per heavy atom. The van der Waals surface area contributed by atoms with Crippen molar-refractivity contribution in [2.24, 2.45) is 0 Å². The van der Waals surface area contributed by atoms with E-state index in [1.165, 1.54) is 6.07 Å². The molecule has 1 atom stereocenters. The number of fused-ring (bicyclic) bond motifs is 1. The number of carbonyl (C=O) groups is 1. The molecule has 4 rings (SSSR count). The number of nitrogens with one attached hydrogen (secondary N) is 2. The molecule has 0 spiro atoms. The summed E-state index contributed by atoms with van der Waals surface area (Å²) in [6, 6.07) is 6.54. The molecular weight excluding hydrogens is 390 g/mol. The number of carbonyl (C=O) groups excluding carboxylic acids is 1. The minimum atomic E-state index is -0.719. The molecule has 9 nitrogen and oxygen atoms in total. The Kier molecular flexibility index (Phi) is 5.42. The Labute approximate surface area is 171 Å². The summed E-state index contributed by atoms with van der Waals surface area (Å²) < 4.78 is 15.9. The minimum absolute atomic E-state index is 0.0307. The third-order valence-corrected chi connectivity index (χ3v) is 4.90. The maximum Gasteiger partial charge on any atom is 0.343 e. The van der Waals surface area contributed by atoms with E-state index in [4.69, 9.17) is 13.9 Å². The van der Waals surface area contributed by atoms with Crippen LogP contribution in [0.4, 0.5) is 0 Å². The average Bonchev–Trinajstić information content (AvgIpc) is 3.37. The van der Waals surface area contributed by atoms with Gasteiger partial charge in [0.2, 0.25) is 12.7 Å². The monoisotopic (exact) mass is 411 g/mol. The van der Waals surface area contributed by atoms with Crippen LogP contribution in [0.1, 0.15) is 34.9 Å². The van der Waals surface area contributed by atoms with E-state index in [0.717, 1.165) is 5.69 Å². The number of nitrogens with zero attached hydrogens (tertiary/aromatic N) is 1. The molecule has 3 N–H and O–H groups in total. The van der Waals surface area contributed by atoms with Gasteiger partial charge in [-0.25, -0.2) is 9.78 Å². The fraction of sp³-hybridized carbons (Fsp3) is 0.286. The molecule has 9 heteroatoms. The van der Waals surface area contributed by atoms with E-state index in [0.29, 0.717) is 30.0 Å². The van der Waals surface area contributed by atoms with E-state index in [1.807, 2.05) is 0 Å². The molecule has 30 heavy (non-hydrogen) atoms. The number of amides is 1. The summed E-state index contributed by atoms with van der Waals surface area (Å²) in [5, 5.41) is 13.3. The van der Waals surface area contributed by atoms with Crippen LogP contribution in [-0.4, -0.2) is 34.3 Å². The highest BCUT2D eigenvalue weighted by Gasteiger charge is 2.27. The van der Waals surface area contributed by atoms with E-state index in [2.05, 4.69) is 15.3 Å². The Morgan fingerprint density at radius 1 is 1.30 bits per heavy atom. The Morgan fingerprint density at radius 3 is 2.90 bits per heavy atom. The number of imidazole rings is 1. The van der Waals surface area contributed by atoms with Gasteiger partial charge in [0.1, 0.15) is 11.5 Å². The van der Waals surface area contributed by atoms with Crippen molar-refractivity contribution >= 4 is 5.91 Å². The highest BCUT2D eigenvalue weighted by atomic mass is 16.7. The highest BCUT2D eigenvalue weighted by Crippen LogP contribution is 2.38. The second-order valence-corrected chi connectivity index (χ2v) is 6.99. The van der Waals surface area contributed by atoms with Gasteiger partial charge in [-0.3, -0.25) is 4.79 Å². The van der Waals surface area contributed by atoms with E-state index in [1.54, 1.807) is 37.6 Å². The number of hydrogen-bond acceptors (Lipinski definition) is 7. The second-order valence-electron chi connectivity index (χ2n) is 6.99. The van der Waals surface area contributed by atoms with Crippen molar-refractivity contribution in [2.45, 2.75) is 25.7 Å². The number of aromatic nitrogens is 2. The number of benzene rings is 1. The molecule has 1 aliphatic heterocycles. The molecule has 0 unspecified atom stereocenters. The van der Waals surface area contributed by atoms with Gasteiger partial charge in [-0.2, -0.15) is 0 Å². The fourth-order valence-electron chi connectivity index (χ4n) is 3.46. The molecule has 0 aliphatic carbocycles. The molecule has 2 aromatic heterocycles. The standard InChI is InChI=1S/C21H21N3O6/c1-12-6-16(25)20(21(27)30-12)15(13-2-3-17-18(7-13)29-11-28-17)8-19(26)23-5-4-14-9-22-10-24-14/h2-3,6-7,9-10,15,25H,4-5,8,11H2,1H3,(H,22,24)(H,23,26)/t15-/m0/s1. The molecule has 1 aromatic carbocycles. The Hall–Kier alpha value is -3.75. The number of aryl methyl sites for hydroxylation is 1. The third-order valence-electron chi connectivity index (χ3n) is 4.90. The van der Waals surface area contributed by atoms with Crippen LogP contribution < -0.4 is 20.4 Å². The van der Waals surface area contributed by atoms with Crippen molar-refractivity contribution in [2.75, 3.05) is 13.3 Å². The zero-order valence-electron chi connectivity index (χ0n) is 16.3. The first-order valence-electron chi connectivity index (χ1n) is 9.48. The molecule has 0 saturated carbocycles. The summed E-state index contributed by atoms with van der Waals surface area (Å²) in [6.07, 6.45) is 3.81. The molecule has 1 amide bonds. The molecule has 3 heterocycles. The molecule has 156 valence electrons. The van der Waals surface area contributed by atoms with Gasteiger partial charge in [0.15, 0.2) is 11.5 Å². The summed E-state index contributed by atoms with van der Waals surface area (Å²) in [5.74, 6) is 0.196. The maximum absolute atomic E-state index is 12.6. The van der Waals surface area contributed by atoms with Crippen molar-refractivity contribution in [1.82, 2.24) is 15.3 Å². The van der Waals surface area contributed by atoms with Gasteiger partial charge in [-0.15, -0.1) is 0 Å². The van der Waals surface area contributed by atoms with Gasteiger partial charge in [0.05, 0.1) is 11.9 Å². The predicted octanol–water partition coefficient (Wildman–Crippen LogP) is 1.99. The number of rotatable bonds is 7. The third kappa shape index (κ3) is 4.14. The second kappa shape index (κ2) is 8.32. The topological polar surface area (TPSA) is 127 Å². The summed E-state index contributed by atoms with van der Waals surface area (Å²) in [7, 11) is 0. The summed E-state index contributed by atoms with van der Waals surface area (Å²) >= 11 is 0. The average molecular weight is 411 g/mol. The molecule has 0 radical (unpaired) electrons. The van der Waals surface area contributed by atoms with Crippen LogP contribution in [-0.2, 0) is 11.2 Å². The molecule has 0 saturated heterocycles. The lowest BCUT2D eigenvalue weighted by molar-refractivity contribution is -0.121. The molecule has 3 aromatic rings. The number of H-pyrrole nitrogens is 1. The lowest BCUT2D eigenvalue weighted by Crippen LogP contribution is -2.28. The lowest BCUT2D eigenvalue weighted by Gasteiger charge is -2.18. The van der Waals surface area contributed by atoms with E-state index >= 15 is 0 Å². The lowest BCUT2D eigenvalue weighted by atomic mass is 9.88. The zero-order valence-corrected chi connectivity index (χ0v) is 16.3. The SMILES string of the molecule is Cc1cc(O)c([C@@H](CC(=O)NCCc2cnc[nH]2)c2ccc3c(c2)OCO3)c(=O)o1. The summed E-state index contributed by atoms with van der Waals surface area (Å²) in [5.41, 5.74) is 0.887. The first-order chi connectivity index (χ1) is 14.5. The summed E-state index contributed by atoms with van der Waals surface area (Å²) in [4.78, 5) is 32.1. The van der Waals surface area contributed by atoms with Gasteiger partial charge in [0, 0.05) is 43.3 Å². The van der Waals surface area contributed by atoms with Gasteiger partial charge < -0.3 is 29.3 Å². The minimum Gasteiger partial charge on any atom is -0.507 e. The number of ether oxygens (including phenoxy) is 2. The quantitative estimate of drug-likeness (QED) is 0.543. The van der Waals surface area contributed by atoms with E-state index in [9.17, 15) is 14.7 Å². The fourth-order valence-corrected chi connectivity index (χ4v) is 3.46. The van der Waals surface area contributed by atoms with Crippen LogP contribution in [0.3, 0.4) is 0 Å². The maximum atomic E-state index is 12.6. The number of aromatic hydroxyl groups is 1. The highest BCUT2D eigenvalue weighted by molar-refractivity contribution is 5.77. The molecular formula is C21H21N3O6. The van der Waals surface area contributed by atoms with Crippen molar-refractivity contribution in [3.05, 3.63) is 69.8 Å². The molecule has 1 aliphatic rings. The Bertz CT molecular complexity index is 1110. The van der Waals surface area contributed by atoms with Crippen molar-refractivity contribution < 1.29 is 23.8 Å². The van der Waals surface area contributed by atoms with Crippen LogP contribution in [0.15, 0.2) is 46.0 Å². The van der Waals surface area contributed by atoms with Gasteiger partial charge >= 0.3 is 5.63 Å². The normalized spacial score (nSPS) is 13.2. The van der Waals surface area contributed by atoms with Crippen molar-refractivity contribution in [3.8, 4) is 17.2 Å². The van der Waals surface area contributed by atoms with Crippen molar-refractivity contribution in [3.63, 3.8) is 0 Å². The zero-order chi connectivity index (χ0) is 21.1. The van der Waals surface area contributed by atoms with Gasteiger partial charge in [0.25, 0.3) is 0 Å².